The molecule has 0 aromatic carbocycles. The molecule has 0 unspecified atom stereocenters. The Morgan fingerprint density at radius 3 is 2.38 bits per heavy atom. The van der Waals surface area contributed by atoms with E-state index in [1.807, 2.05) is 11.4 Å². The van der Waals surface area contributed by atoms with Crippen molar-refractivity contribution in [3.8, 4) is 6.07 Å². The summed E-state index contributed by atoms with van der Waals surface area (Å²) >= 11 is 6.17. The number of ether oxygens (including phenoxy) is 1. The normalized spacial score (nSPS) is 13.5. The molecule has 0 bridgehead atoms. The number of halogens is 4. The smallest absolute Gasteiger partial charge is 0.441 e. The molecule has 1 atom stereocenters. The standard InChI is InChI=1S/C15H17ClF3N3O3S/c1-4-9-8(3)26-12(10(9)7-20)22-14(15(17,18)19,13(24)25-5-2)21-11(23)6-16/h22H,4-6H2,1-3H3,(H,21,23)/t14-/m1/s1. The number of rotatable bonds is 7. The number of thiophene rings is 1. The number of carbonyl (C=O) groups excluding carboxylic acids is 2. The summed E-state index contributed by atoms with van der Waals surface area (Å²) in [5.74, 6) is -3.78. The van der Waals surface area contributed by atoms with E-state index >= 15 is 0 Å². The molecule has 1 amide bonds. The lowest BCUT2D eigenvalue weighted by molar-refractivity contribution is -0.207. The van der Waals surface area contributed by atoms with Crippen LogP contribution in [-0.4, -0.2) is 36.2 Å². The lowest BCUT2D eigenvalue weighted by atomic mass is 10.1. The number of aryl methyl sites for hydroxylation is 1. The van der Waals surface area contributed by atoms with E-state index < -0.39 is 29.6 Å². The van der Waals surface area contributed by atoms with Crippen molar-refractivity contribution in [3.63, 3.8) is 0 Å². The molecule has 1 aromatic heterocycles. The second kappa shape index (κ2) is 8.60. The Kier molecular flexibility index (Phi) is 7.29. The summed E-state index contributed by atoms with van der Waals surface area (Å²) in [6, 6.07) is 1.84. The van der Waals surface area contributed by atoms with Gasteiger partial charge in [0, 0.05) is 4.88 Å². The zero-order valence-corrected chi connectivity index (χ0v) is 15.8. The highest BCUT2D eigenvalue weighted by Crippen LogP contribution is 2.39. The third kappa shape index (κ3) is 4.22. The molecule has 1 heterocycles. The minimum Gasteiger partial charge on any atom is -0.463 e. The maximum absolute atomic E-state index is 13.9. The van der Waals surface area contributed by atoms with Crippen LogP contribution < -0.4 is 10.6 Å². The number of alkyl halides is 4. The predicted molar refractivity (Wildman–Crippen MR) is 91.1 cm³/mol. The van der Waals surface area contributed by atoms with Gasteiger partial charge in [-0.05, 0) is 25.8 Å². The van der Waals surface area contributed by atoms with Crippen LogP contribution in [0.15, 0.2) is 0 Å². The van der Waals surface area contributed by atoms with E-state index in [1.165, 1.54) is 6.92 Å². The molecular formula is C15H17ClF3N3O3S. The summed E-state index contributed by atoms with van der Waals surface area (Å²) in [6.07, 6.45) is -4.85. The first-order valence-corrected chi connectivity index (χ1v) is 8.84. The van der Waals surface area contributed by atoms with E-state index in [2.05, 4.69) is 4.74 Å². The first kappa shape index (κ1) is 22.1. The number of nitrogens with one attached hydrogen (secondary N) is 2. The molecule has 144 valence electrons. The van der Waals surface area contributed by atoms with E-state index in [0.717, 1.165) is 11.3 Å². The van der Waals surface area contributed by atoms with Gasteiger partial charge in [-0.2, -0.15) is 18.4 Å². The van der Waals surface area contributed by atoms with Crippen molar-refractivity contribution in [2.75, 3.05) is 17.8 Å². The number of anilines is 1. The molecule has 0 saturated heterocycles. The second-order valence-corrected chi connectivity index (χ2v) is 6.57. The summed E-state index contributed by atoms with van der Waals surface area (Å²) in [6.45, 7) is 4.38. The van der Waals surface area contributed by atoms with E-state index in [0.29, 0.717) is 16.9 Å². The van der Waals surface area contributed by atoms with Crippen LogP contribution in [0.4, 0.5) is 18.2 Å². The summed E-state index contributed by atoms with van der Waals surface area (Å²) in [5.41, 5.74) is -3.03. The Hall–Kier alpha value is -1.99. The molecule has 0 aliphatic rings. The molecule has 2 N–H and O–H groups in total. The summed E-state index contributed by atoms with van der Waals surface area (Å²) in [7, 11) is 0. The summed E-state index contributed by atoms with van der Waals surface area (Å²) < 4.78 is 46.1. The Bertz CT molecular complexity index is 730. The molecule has 0 radical (unpaired) electrons. The van der Waals surface area contributed by atoms with Gasteiger partial charge in [-0.1, -0.05) is 6.92 Å². The van der Waals surface area contributed by atoms with Crippen molar-refractivity contribution in [2.24, 2.45) is 0 Å². The fourth-order valence-electron chi connectivity index (χ4n) is 2.25. The number of hydrogen-bond acceptors (Lipinski definition) is 6. The van der Waals surface area contributed by atoms with Crippen molar-refractivity contribution in [1.82, 2.24) is 5.32 Å². The second-order valence-electron chi connectivity index (χ2n) is 5.08. The number of nitrogens with zero attached hydrogens (tertiary/aromatic N) is 1. The van der Waals surface area contributed by atoms with Crippen LogP contribution in [0.1, 0.15) is 29.9 Å². The van der Waals surface area contributed by atoms with Crippen LogP contribution in [0, 0.1) is 18.3 Å². The molecule has 0 aliphatic carbocycles. The highest BCUT2D eigenvalue weighted by Gasteiger charge is 2.64. The number of nitriles is 1. The van der Waals surface area contributed by atoms with E-state index in [-0.39, 0.29) is 17.2 Å². The number of esters is 1. The van der Waals surface area contributed by atoms with Gasteiger partial charge in [0.25, 0.3) is 0 Å². The van der Waals surface area contributed by atoms with Gasteiger partial charge < -0.3 is 15.4 Å². The number of hydrogen-bond donors (Lipinski definition) is 2. The molecular weight excluding hydrogens is 395 g/mol. The van der Waals surface area contributed by atoms with Gasteiger partial charge in [0.2, 0.25) is 5.91 Å². The molecule has 6 nitrogen and oxygen atoms in total. The first-order chi connectivity index (χ1) is 12.1. The maximum Gasteiger partial charge on any atom is 0.441 e. The van der Waals surface area contributed by atoms with Gasteiger partial charge in [-0.3, -0.25) is 4.79 Å². The van der Waals surface area contributed by atoms with E-state index in [9.17, 15) is 28.0 Å². The fraction of sp³-hybridized carbons (Fsp3) is 0.533. The number of carbonyl (C=O) groups is 2. The van der Waals surface area contributed by atoms with Crippen LogP contribution in [0.25, 0.3) is 0 Å². The Morgan fingerprint density at radius 2 is 1.96 bits per heavy atom. The van der Waals surface area contributed by atoms with Crippen molar-refractivity contribution >= 4 is 39.8 Å². The van der Waals surface area contributed by atoms with Crippen LogP contribution >= 0.6 is 22.9 Å². The molecule has 0 fully saturated rings. The molecule has 1 aromatic rings. The van der Waals surface area contributed by atoms with Gasteiger partial charge >= 0.3 is 17.8 Å². The third-order valence-corrected chi connectivity index (χ3v) is 4.74. The minimum atomic E-state index is -5.27. The summed E-state index contributed by atoms with van der Waals surface area (Å²) in [5, 5.41) is 12.7. The Labute approximate surface area is 157 Å². The van der Waals surface area contributed by atoms with Gasteiger partial charge in [0.1, 0.15) is 17.0 Å². The van der Waals surface area contributed by atoms with Gasteiger partial charge in [0.15, 0.2) is 0 Å². The minimum absolute atomic E-state index is 0.0203. The molecule has 0 spiro atoms. The molecule has 0 saturated carbocycles. The zero-order chi connectivity index (χ0) is 20.1. The molecule has 0 aliphatic heterocycles. The fourth-order valence-corrected chi connectivity index (χ4v) is 3.47. The van der Waals surface area contributed by atoms with Crippen LogP contribution in [-0.2, 0) is 20.7 Å². The van der Waals surface area contributed by atoms with Crippen LogP contribution in [0.3, 0.4) is 0 Å². The SMILES string of the molecule is CCOC(=O)[C@@](NC(=O)CCl)(Nc1sc(C)c(CC)c1C#N)C(F)(F)F. The Balaban J connectivity index is 3.57. The topological polar surface area (TPSA) is 91.2 Å². The lowest BCUT2D eigenvalue weighted by Gasteiger charge is -2.34. The molecule has 1 rings (SSSR count). The first-order valence-electron chi connectivity index (χ1n) is 7.49. The number of amides is 1. The van der Waals surface area contributed by atoms with Gasteiger partial charge in [-0.25, -0.2) is 4.79 Å². The average Bonchev–Trinajstić information content (AvgIpc) is 2.87. The average molecular weight is 412 g/mol. The van der Waals surface area contributed by atoms with Gasteiger partial charge in [-0.15, -0.1) is 22.9 Å². The highest BCUT2D eigenvalue weighted by atomic mass is 35.5. The highest BCUT2D eigenvalue weighted by molar-refractivity contribution is 7.16. The largest absolute Gasteiger partial charge is 0.463 e. The van der Waals surface area contributed by atoms with Crippen molar-refractivity contribution in [1.29, 1.82) is 5.26 Å². The molecule has 26 heavy (non-hydrogen) atoms. The van der Waals surface area contributed by atoms with E-state index in [1.54, 1.807) is 19.2 Å². The van der Waals surface area contributed by atoms with Crippen LogP contribution in [0.2, 0.25) is 0 Å². The van der Waals surface area contributed by atoms with Crippen molar-refractivity contribution in [2.45, 2.75) is 39.0 Å². The predicted octanol–water partition coefficient (Wildman–Crippen LogP) is 3.08. The van der Waals surface area contributed by atoms with E-state index in [4.69, 9.17) is 11.6 Å². The maximum atomic E-state index is 13.9. The summed E-state index contributed by atoms with van der Waals surface area (Å²) in [4.78, 5) is 24.4. The Morgan fingerprint density at radius 1 is 1.35 bits per heavy atom. The van der Waals surface area contributed by atoms with Gasteiger partial charge in [0.05, 0.1) is 12.2 Å². The lowest BCUT2D eigenvalue weighted by Crippen LogP contribution is -2.69. The van der Waals surface area contributed by atoms with Crippen molar-refractivity contribution in [3.05, 3.63) is 16.0 Å². The quantitative estimate of drug-likeness (QED) is 0.409. The third-order valence-electron chi connectivity index (χ3n) is 3.43. The molecule has 11 heteroatoms. The van der Waals surface area contributed by atoms with Crippen LogP contribution in [0.5, 0.6) is 0 Å². The zero-order valence-electron chi connectivity index (χ0n) is 14.2. The van der Waals surface area contributed by atoms with Crippen molar-refractivity contribution < 1.29 is 27.5 Å². The monoisotopic (exact) mass is 411 g/mol.